The number of aliphatic carboxylic acids is 1. The van der Waals surface area contributed by atoms with Crippen LogP contribution in [0.4, 0.5) is 10.1 Å². The van der Waals surface area contributed by atoms with Gasteiger partial charge in [0.05, 0.1) is 16.8 Å². The van der Waals surface area contributed by atoms with Gasteiger partial charge in [0.25, 0.3) is 0 Å². The summed E-state index contributed by atoms with van der Waals surface area (Å²) in [5.74, 6) is -1.85. The van der Waals surface area contributed by atoms with Gasteiger partial charge in [0.2, 0.25) is 5.91 Å². The first kappa shape index (κ1) is 23.2. The van der Waals surface area contributed by atoms with Crippen LogP contribution in [-0.4, -0.2) is 47.1 Å². The highest BCUT2D eigenvalue weighted by molar-refractivity contribution is 6.31. The van der Waals surface area contributed by atoms with Gasteiger partial charge in [0.15, 0.2) is 0 Å². The number of amides is 1. The number of carboxylic acid groups (broad SMARTS) is 1. The maximum absolute atomic E-state index is 15.0. The highest BCUT2D eigenvalue weighted by Gasteiger charge is 2.39. The van der Waals surface area contributed by atoms with Gasteiger partial charge in [-0.3, -0.25) is 9.59 Å². The first-order chi connectivity index (χ1) is 14.7. The molecule has 2 unspecified atom stereocenters. The van der Waals surface area contributed by atoms with Crippen molar-refractivity contribution in [2.24, 2.45) is 5.92 Å². The van der Waals surface area contributed by atoms with Crippen LogP contribution in [0.2, 0.25) is 5.02 Å². The van der Waals surface area contributed by atoms with Crippen molar-refractivity contribution in [3.8, 4) is 0 Å². The number of piperazine rings is 1. The first-order valence-electron chi connectivity index (χ1n) is 9.98. The monoisotopic (exact) mass is 464 g/mol. The van der Waals surface area contributed by atoms with Crippen molar-refractivity contribution in [3.63, 3.8) is 0 Å². The van der Waals surface area contributed by atoms with Gasteiger partial charge in [0.1, 0.15) is 12.2 Å². The molecule has 0 spiro atoms. The van der Waals surface area contributed by atoms with Crippen molar-refractivity contribution in [1.29, 1.82) is 0 Å². The molecule has 0 radical (unpaired) electrons. The van der Waals surface area contributed by atoms with E-state index in [1.807, 2.05) is 18.7 Å². The summed E-state index contributed by atoms with van der Waals surface area (Å²) in [4.78, 5) is 27.2. The van der Waals surface area contributed by atoms with Gasteiger partial charge in [-0.15, -0.1) is 0 Å². The van der Waals surface area contributed by atoms with E-state index in [9.17, 15) is 9.59 Å². The lowest BCUT2D eigenvalue weighted by atomic mass is 9.92. The number of rotatable bonds is 6. The molecule has 0 aromatic heterocycles. The van der Waals surface area contributed by atoms with E-state index in [0.29, 0.717) is 34.3 Å². The van der Waals surface area contributed by atoms with Crippen LogP contribution in [-0.2, 0) is 9.59 Å². The highest BCUT2D eigenvalue weighted by atomic mass is 35.5. The van der Waals surface area contributed by atoms with Crippen molar-refractivity contribution in [2.45, 2.75) is 38.8 Å². The Morgan fingerprint density at radius 3 is 2.55 bits per heavy atom. The Bertz CT molecular complexity index is 1020. The van der Waals surface area contributed by atoms with Gasteiger partial charge in [-0.1, -0.05) is 42.8 Å². The normalized spacial score (nSPS) is 20.7. The SMILES string of the molecule is CC(C)CC1CN(C(=O)CC(=O)O)CC(C2=C=C=C(Cl)C=C2)N1c1ccc(Cl)cc1F. The largest absolute Gasteiger partial charge is 0.481 e. The van der Waals surface area contributed by atoms with Gasteiger partial charge in [-0.2, -0.15) is 0 Å². The average Bonchev–Trinajstić information content (AvgIpc) is 2.68. The summed E-state index contributed by atoms with van der Waals surface area (Å²) in [5, 5.41) is 9.77. The molecule has 1 fully saturated rings. The van der Waals surface area contributed by atoms with Crippen LogP contribution in [0.25, 0.3) is 0 Å². The molecule has 164 valence electrons. The lowest BCUT2D eigenvalue weighted by Crippen LogP contribution is -2.61. The Morgan fingerprint density at radius 1 is 1.23 bits per heavy atom. The Kier molecular flexibility index (Phi) is 7.30. The number of benzene rings is 1. The lowest BCUT2D eigenvalue weighted by Gasteiger charge is -2.49. The average molecular weight is 465 g/mol. The van der Waals surface area contributed by atoms with Crippen molar-refractivity contribution in [3.05, 3.63) is 63.3 Å². The molecule has 1 aromatic carbocycles. The van der Waals surface area contributed by atoms with E-state index in [2.05, 4.69) is 11.5 Å². The van der Waals surface area contributed by atoms with E-state index < -0.39 is 30.2 Å². The fourth-order valence-electron chi connectivity index (χ4n) is 4.02. The molecule has 1 saturated heterocycles. The van der Waals surface area contributed by atoms with Gasteiger partial charge < -0.3 is 14.9 Å². The highest BCUT2D eigenvalue weighted by Crippen LogP contribution is 2.34. The van der Waals surface area contributed by atoms with Gasteiger partial charge in [0, 0.05) is 29.7 Å². The third-order valence-electron chi connectivity index (χ3n) is 5.23. The molecule has 5 nitrogen and oxygen atoms in total. The molecule has 1 aliphatic heterocycles. The number of carboxylic acids is 1. The Balaban J connectivity index is 2.11. The number of anilines is 1. The van der Waals surface area contributed by atoms with Crippen LogP contribution >= 0.6 is 23.2 Å². The molecule has 1 heterocycles. The molecule has 2 atom stereocenters. The minimum atomic E-state index is -1.18. The summed E-state index contributed by atoms with van der Waals surface area (Å²) < 4.78 is 15.0. The zero-order valence-corrected chi connectivity index (χ0v) is 18.8. The molecule has 1 amide bonds. The molecule has 0 bridgehead atoms. The standard InChI is InChI=1S/C23H23Cl2FN2O3/c1-14(2)9-18-12-27(22(29)11-23(30)31)13-21(15-3-5-16(24)6-4-15)28(18)20-8-7-17(25)10-19(20)26/h3,5,7-8,10,14,18,21H,9,11-13H2,1-2H3,(H,30,31). The smallest absolute Gasteiger partial charge is 0.312 e. The summed E-state index contributed by atoms with van der Waals surface area (Å²) in [6, 6.07) is 3.82. The zero-order chi connectivity index (χ0) is 22.7. The molecule has 0 saturated carbocycles. The van der Waals surface area contributed by atoms with E-state index in [1.165, 1.54) is 6.07 Å². The zero-order valence-electron chi connectivity index (χ0n) is 17.2. The molecule has 8 heteroatoms. The molecule has 2 aliphatic rings. The quantitative estimate of drug-likeness (QED) is 0.486. The van der Waals surface area contributed by atoms with Gasteiger partial charge in [-0.05, 0) is 48.4 Å². The molecular weight excluding hydrogens is 442 g/mol. The van der Waals surface area contributed by atoms with Crippen LogP contribution in [0.15, 0.2) is 52.4 Å². The summed E-state index contributed by atoms with van der Waals surface area (Å²) in [6.07, 6.45) is 3.51. The number of halogens is 3. The van der Waals surface area contributed by atoms with E-state index in [1.54, 1.807) is 29.2 Å². The van der Waals surface area contributed by atoms with Crippen LogP contribution in [0.3, 0.4) is 0 Å². The number of nitrogens with zero attached hydrogens (tertiary/aromatic N) is 2. The molecule has 31 heavy (non-hydrogen) atoms. The number of carbonyl (C=O) groups excluding carboxylic acids is 1. The van der Waals surface area contributed by atoms with Gasteiger partial charge >= 0.3 is 5.97 Å². The van der Waals surface area contributed by atoms with E-state index >= 15 is 4.39 Å². The lowest BCUT2D eigenvalue weighted by molar-refractivity contribution is -0.144. The van der Waals surface area contributed by atoms with Crippen molar-refractivity contribution >= 4 is 40.8 Å². The second-order valence-corrected chi connectivity index (χ2v) is 8.90. The molecule has 1 aromatic rings. The topological polar surface area (TPSA) is 60.9 Å². The minimum Gasteiger partial charge on any atom is -0.481 e. The Morgan fingerprint density at radius 2 is 1.97 bits per heavy atom. The van der Waals surface area contributed by atoms with Crippen molar-refractivity contribution in [2.75, 3.05) is 18.0 Å². The second-order valence-electron chi connectivity index (χ2n) is 8.06. The van der Waals surface area contributed by atoms with Crippen LogP contribution in [0.1, 0.15) is 26.7 Å². The van der Waals surface area contributed by atoms with Crippen LogP contribution < -0.4 is 4.90 Å². The number of hydrogen-bond donors (Lipinski definition) is 1. The maximum Gasteiger partial charge on any atom is 0.312 e. The predicted octanol–water partition coefficient (Wildman–Crippen LogP) is 4.76. The second kappa shape index (κ2) is 9.76. The van der Waals surface area contributed by atoms with E-state index in [0.717, 1.165) is 0 Å². The summed E-state index contributed by atoms with van der Waals surface area (Å²) >= 11 is 11.9. The Hall–Kier alpha value is -2.49. The maximum atomic E-state index is 15.0. The number of allylic oxidation sites excluding steroid dienone is 2. The molecular formula is C23H23Cl2FN2O3. The predicted molar refractivity (Wildman–Crippen MR) is 119 cm³/mol. The van der Waals surface area contributed by atoms with E-state index in [-0.39, 0.29) is 18.5 Å². The fourth-order valence-corrected chi connectivity index (χ4v) is 4.29. The van der Waals surface area contributed by atoms with Crippen LogP contribution in [0.5, 0.6) is 0 Å². The summed E-state index contributed by atoms with van der Waals surface area (Å²) in [5.41, 5.74) is 6.89. The summed E-state index contributed by atoms with van der Waals surface area (Å²) in [6.45, 7) is 4.58. The first-order valence-corrected chi connectivity index (χ1v) is 10.7. The van der Waals surface area contributed by atoms with Crippen molar-refractivity contribution in [1.82, 2.24) is 4.90 Å². The number of carbonyl (C=O) groups is 2. The van der Waals surface area contributed by atoms with Crippen LogP contribution in [0, 0.1) is 11.7 Å². The molecule has 1 N–H and O–H groups in total. The fraction of sp³-hybridized carbons (Fsp3) is 0.391. The molecule has 1 aliphatic carbocycles. The van der Waals surface area contributed by atoms with Crippen molar-refractivity contribution < 1.29 is 19.1 Å². The Labute approximate surface area is 190 Å². The van der Waals surface area contributed by atoms with E-state index in [4.69, 9.17) is 28.3 Å². The minimum absolute atomic E-state index is 0.189. The summed E-state index contributed by atoms with van der Waals surface area (Å²) in [7, 11) is 0. The number of hydrogen-bond acceptors (Lipinski definition) is 3. The third-order valence-corrected chi connectivity index (χ3v) is 5.69. The third kappa shape index (κ3) is 5.61. The van der Waals surface area contributed by atoms with Gasteiger partial charge in [-0.25, -0.2) is 4.39 Å². The molecule has 3 rings (SSSR count).